The van der Waals surface area contributed by atoms with Gasteiger partial charge in [0.25, 0.3) is 5.91 Å². The predicted octanol–water partition coefficient (Wildman–Crippen LogP) is 0.506. The molecule has 2 aliphatic heterocycles. The second kappa shape index (κ2) is 4.38. The van der Waals surface area contributed by atoms with Crippen LogP contribution in [0, 0.1) is 0 Å². The van der Waals surface area contributed by atoms with E-state index in [1.54, 1.807) is 12.1 Å². The lowest BCUT2D eigenvalue weighted by atomic mass is 10.1. The summed E-state index contributed by atoms with van der Waals surface area (Å²) in [7, 11) is 0. The molecule has 1 atom stereocenters. The van der Waals surface area contributed by atoms with Crippen LogP contribution < -0.4 is 25.3 Å². The Labute approximate surface area is 104 Å². The highest BCUT2D eigenvalue weighted by molar-refractivity contribution is 5.98. The predicted molar refractivity (Wildman–Crippen MR) is 64.1 cm³/mol. The zero-order chi connectivity index (χ0) is 12.5. The van der Waals surface area contributed by atoms with Crippen molar-refractivity contribution in [3.05, 3.63) is 12.1 Å². The average molecular weight is 250 g/mol. The van der Waals surface area contributed by atoms with E-state index in [1.807, 2.05) is 0 Å². The topological polar surface area (TPSA) is 82.8 Å². The number of hydrogen-bond acceptors (Lipinski definition) is 5. The molecule has 3 rings (SSSR count). The molecule has 0 saturated carbocycles. The minimum atomic E-state index is -0.537. The fraction of sp³-hybridized carbons (Fsp3) is 0.417. The third kappa shape index (κ3) is 1.84. The Morgan fingerprint density at radius 2 is 1.94 bits per heavy atom. The van der Waals surface area contributed by atoms with Crippen molar-refractivity contribution in [3.8, 4) is 17.2 Å². The molecule has 96 valence electrons. The van der Waals surface area contributed by atoms with Crippen LogP contribution in [0.15, 0.2) is 12.1 Å². The number of carbonyl (C=O) groups is 1. The lowest BCUT2D eigenvalue weighted by Crippen LogP contribution is -2.38. The molecule has 2 aliphatic rings. The molecule has 0 spiro atoms. The molecule has 6 nitrogen and oxygen atoms in total. The van der Waals surface area contributed by atoms with Gasteiger partial charge in [0.2, 0.25) is 0 Å². The van der Waals surface area contributed by atoms with Gasteiger partial charge in [-0.1, -0.05) is 0 Å². The molecule has 0 saturated heterocycles. The van der Waals surface area contributed by atoms with Crippen molar-refractivity contribution in [1.29, 1.82) is 0 Å². The van der Waals surface area contributed by atoms with Crippen LogP contribution in [0.1, 0.15) is 6.42 Å². The van der Waals surface area contributed by atoms with Crippen molar-refractivity contribution in [2.75, 3.05) is 25.1 Å². The van der Waals surface area contributed by atoms with E-state index in [2.05, 4.69) is 5.32 Å². The van der Waals surface area contributed by atoms with Crippen molar-refractivity contribution < 1.29 is 19.0 Å². The first kappa shape index (κ1) is 11.2. The fourth-order valence-corrected chi connectivity index (χ4v) is 2.03. The van der Waals surface area contributed by atoms with E-state index in [9.17, 15) is 4.79 Å². The summed E-state index contributed by atoms with van der Waals surface area (Å²) in [6.07, 6.45) is -0.0512. The van der Waals surface area contributed by atoms with Crippen molar-refractivity contribution in [3.63, 3.8) is 0 Å². The quantitative estimate of drug-likeness (QED) is 0.799. The van der Waals surface area contributed by atoms with Gasteiger partial charge in [-0.2, -0.15) is 0 Å². The van der Waals surface area contributed by atoms with Gasteiger partial charge in [0.05, 0.1) is 5.69 Å². The second-order valence-electron chi connectivity index (χ2n) is 4.17. The fourth-order valence-electron chi connectivity index (χ4n) is 2.03. The minimum Gasteiger partial charge on any atom is -0.486 e. The van der Waals surface area contributed by atoms with Crippen molar-refractivity contribution in [2.24, 2.45) is 5.73 Å². The van der Waals surface area contributed by atoms with Gasteiger partial charge in [0.15, 0.2) is 17.6 Å². The number of nitrogens with two attached hydrogens (primary N) is 1. The van der Waals surface area contributed by atoms with Gasteiger partial charge in [-0.3, -0.25) is 4.79 Å². The van der Waals surface area contributed by atoms with Crippen molar-refractivity contribution in [2.45, 2.75) is 12.5 Å². The highest BCUT2D eigenvalue weighted by Crippen LogP contribution is 2.41. The summed E-state index contributed by atoms with van der Waals surface area (Å²) in [6, 6.07) is 3.47. The van der Waals surface area contributed by atoms with Crippen molar-refractivity contribution in [1.82, 2.24) is 0 Å². The van der Waals surface area contributed by atoms with Crippen LogP contribution in [0.4, 0.5) is 5.69 Å². The lowest BCUT2D eigenvalue weighted by molar-refractivity contribution is -0.123. The number of anilines is 1. The van der Waals surface area contributed by atoms with Crippen LogP contribution in [0.25, 0.3) is 0 Å². The molecular weight excluding hydrogens is 236 g/mol. The molecule has 6 heteroatoms. The van der Waals surface area contributed by atoms with E-state index >= 15 is 0 Å². The molecule has 1 amide bonds. The molecule has 0 bridgehead atoms. The zero-order valence-electron chi connectivity index (χ0n) is 9.77. The summed E-state index contributed by atoms with van der Waals surface area (Å²) in [5.41, 5.74) is 6.06. The second-order valence-corrected chi connectivity index (χ2v) is 4.17. The van der Waals surface area contributed by atoms with Gasteiger partial charge >= 0.3 is 0 Å². The number of fused-ring (bicyclic) bond motifs is 2. The van der Waals surface area contributed by atoms with Gasteiger partial charge in [0, 0.05) is 18.6 Å². The van der Waals surface area contributed by atoms with Crippen LogP contribution in [0.3, 0.4) is 0 Å². The van der Waals surface area contributed by atoms with E-state index < -0.39 is 6.10 Å². The van der Waals surface area contributed by atoms with E-state index in [1.165, 1.54) is 0 Å². The summed E-state index contributed by atoms with van der Waals surface area (Å²) in [5, 5.41) is 2.79. The van der Waals surface area contributed by atoms with Crippen LogP contribution in [-0.2, 0) is 4.79 Å². The normalized spacial score (nSPS) is 20.7. The smallest absolute Gasteiger partial charge is 0.265 e. The van der Waals surface area contributed by atoms with E-state index in [4.69, 9.17) is 19.9 Å². The largest absolute Gasteiger partial charge is 0.486 e. The SMILES string of the molecule is NCCC1Oc2cc3c(cc2NC1=O)OCCO3. The molecule has 18 heavy (non-hydrogen) atoms. The Bertz CT molecular complexity index is 489. The summed E-state index contributed by atoms with van der Waals surface area (Å²) in [5.74, 6) is 1.69. The van der Waals surface area contributed by atoms with Gasteiger partial charge in [-0.15, -0.1) is 0 Å². The van der Waals surface area contributed by atoms with E-state index in [-0.39, 0.29) is 5.91 Å². The third-order valence-corrected chi connectivity index (χ3v) is 2.89. The molecule has 3 N–H and O–H groups in total. The Hall–Kier alpha value is -1.95. The number of hydrogen-bond donors (Lipinski definition) is 2. The molecule has 1 aromatic rings. The molecule has 0 radical (unpaired) electrons. The van der Waals surface area contributed by atoms with Gasteiger partial charge in [0.1, 0.15) is 19.0 Å². The summed E-state index contributed by atoms with van der Waals surface area (Å²) < 4.78 is 16.5. The van der Waals surface area contributed by atoms with E-state index in [0.717, 1.165) is 0 Å². The monoisotopic (exact) mass is 250 g/mol. The Morgan fingerprint density at radius 3 is 2.67 bits per heavy atom. The first-order valence-electron chi connectivity index (χ1n) is 5.89. The summed E-state index contributed by atoms with van der Waals surface area (Å²) >= 11 is 0. The third-order valence-electron chi connectivity index (χ3n) is 2.89. The molecule has 2 heterocycles. The van der Waals surface area contributed by atoms with Crippen LogP contribution in [-0.4, -0.2) is 31.8 Å². The van der Waals surface area contributed by atoms with Crippen molar-refractivity contribution >= 4 is 11.6 Å². The van der Waals surface area contributed by atoms with Crippen LogP contribution in [0.2, 0.25) is 0 Å². The molecular formula is C12H14N2O4. The average Bonchev–Trinajstić information content (AvgIpc) is 2.38. The maximum absolute atomic E-state index is 11.8. The highest BCUT2D eigenvalue weighted by Gasteiger charge is 2.29. The number of carbonyl (C=O) groups excluding carboxylic acids is 1. The minimum absolute atomic E-state index is 0.176. The molecule has 0 fully saturated rings. The van der Waals surface area contributed by atoms with Gasteiger partial charge in [-0.25, -0.2) is 0 Å². The first-order valence-corrected chi connectivity index (χ1v) is 5.89. The molecule has 0 aromatic heterocycles. The number of amides is 1. The number of benzene rings is 1. The van der Waals surface area contributed by atoms with Gasteiger partial charge in [-0.05, 0) is 6.54 Å². The number of ether oxygens (including phenoxy) is 3. The summed E-state index contributed by atoms with van der Waals surface area (Å²) in [6.45, 7) is 1.43. The molecule has 1 aromatic carbocycles. The molecule has 0 aliphatic carbocycles. The standard InChI is InChI=1S/C12H14N2O4/c13-2-1-8-12(15)14-7-5-10-11(6-9(7)18-8)17-4-3-16-10/h5-6,8H,1-4,13H2,(H,14,15). The van der Waals surface area contributed by atoms with Crippen LogP contribution in [0.5, 0.6) is 17.2 Å². The Morgan fingerprint density at radius 1 is 1.22 bits per heavy atom. The highest BCUT2D eigenvalue weighted by atomic mass is 16.6. The Kier molecular flexibility index (Phi) is 2.71. The zero-order valence-corrected chi connectivity index (χ0v) is 9.77. The Balaban J connectivity index is 1.93. The number of rotatable bonds is 2. The van der Waals surface area contributed by atoms with E-state index in [0.29, 0.717) is 49.1 Å². The maximum Gasteiger partial charge on any atom is 0.265 e. The first-order chi connectivity index (χ1) is 8.78. The van der Waals surface area contributed by atoms with Crippen LogP contribution >= 0.6 is 0 Å². The van der Waals surface area contributed by atoms with Gasteiger partial charge < -0.3 is 25.3 Å². The molecule has 1 unspecified atom stereocenters. The number of nitrogens with one attached hydrogen (secondary N) is 1. The summed E-state index contributed by atoms with van der Waals surface area (Å²) in [4.78, 5) is 11.8. The lowest BCUT2D eigenvalue weighted by Gasteiger charge is -2.28. The maximum atomic E-state index is 11.8.